The van der Waals surface area contributed by atoms with Crippen molar-refractivity contribution < 1.29 is 4.39 Å². The molecule has 1 saturated carbocycles. The van der Waals surface area contributed by atoms with Gasteiger partial charge in [0.25, 0.3) is 0 Å². The molecule has 1 aliphatic rings. The number of benzene rings is 1. The van der Waals surface area contributed by atoms with Crippen molar-refractivity contribution in [1.82, 2.24) is 0 Å². The lowest BCUT2D eigenvalue weighted by Gasteiger charge is -2.14. The molecule has 0 unspecified atom stereocenters. The summed E-state index contributed by atoms with van der Waals surface area (Å²) in [5.74, 6) is -0.205. The van der Waals surface area contributed by atoms with E-state index in [0.29, 0.717) is 6.54 Å². The van der Waals surface area contributed by atoms with E-state index in [1.54, 1.807) is 0 Å². The predicted octanol–water partition coefficient (Wildman–Crippen LogP) is 2.58. The number of halogens is 2. The van der Waals surface area contributed by atoms with Crippen LogP contribution in [0.3, 0.4) is 0 Å². The van der Waals surface area contributed by atoms with Crippen LogP contribution in [-0.4, -0.2) is 6.54 Å². The first-order valence-corrected chi connectivity index (χ1v) is 5.13. The van der Waals surface area contributed by atoms with E-state index in [2.05, 4.69) is 15.9 Å². The molecule has 3 heteroatoms. The van der Waals surface area contributed by atoms with Crippen molar-refractivity contribution in [2.24, 2.45) is 5.73 Å². The number of hydrogen-bond donors (Lipinski definition) is 1. The number of rotatable bonds is 2. The van der Waals surface area contributed by atoms with Gasteiger partial charge in [0.15, 0.2) is 0 Å². The van der Waals surface area contributed by atoms with Gasteiger partial charge < -0.3 is 5.73 Å². The second-order valence-electron chi connectivity index (χ2n) is 3.61. The van der Waals surface area contributed by atoms with E-state index in [1.807, 2.05) is 6.07 Å². The summed E-state index contributed by atoms with van der Waals surface area (Å²) in [5.41, 5.74) is 6.97. The van der Waals surface area contributed by atoms with E-state index >= 15 is 0 Å². The molecule has 0 spiro atoms. The van der Waals surface area contributed by atoms with Gasteiger partial charge in [-0.25, -0.2) is 4.39 Å². The summed E-state index contributed by atoms with van der Waals surface area (Å²) >= 11 is 3.37. The largest absolute Gasteiger partial charge is 0.330 e. The number of nitrogens with two attached hydrogens (primary N) is 1. The van der Waals surface area contributed by atoms with Crippen molar-refractivity contribution in [3.05, 3.63) is 34.1 Å². The van der Waals surface area contributed by atoms with E-state index in [4.69, 9.17) is 5.73 Å². The molecular weight excluding hydrogens is 233 g/mol. The van der Waals surface area contributed by atoms with Gasteiger partial charge in [0.1, 0.15) is 5.82 Å². The van der Waals surface area contributed by atoms with Gasteiger partial charge in [0.05, 0.1) is 0 Å². The fourth-order valence-corrected chi connectivity index (χ4v) is 2.43. The highest BCUT2D eigenvalue weighted by Gasteiger charge is 2.43. The first-order valence-electron chi connectivity index (χ1n) is 4.33. The number of hydrogen-bond acceptors (Lipinski definition) is 1. The van der Waals surface area contributed by atoms with Crippen LogP contribution in [0.4, 0.5) is 4.39 Å². The topological polar surface area (TPSA) is 26.0 Å². The minimum Gasteiger partial charge on any atom is -0.330 e. The second kappa shape index (κ2) is 3.07. The monoisotopic (exact) mass is 243 g/mol. The third-order valence-corrected chi connectivity index (χ3v) is 3.40. The normalized spacial score (nSPS) is 18.7. The molecule has 13 heavy (non-hydrogen) atoms. The molecule has 0 aromatic heterocycles. The molecule has 2 N–H and O–H groups in total. The maximum Gasteiger partial charge on any atom is 0.124 e. The highest BCUT2D eigenvalue weighted by molar-refractivity contribution is 9.10. The molecule has 1 nitrogen and oxygen atoms in total. The van der Waals surface area contributed by atoms with Gasteiger partial charge in [0, 0.05) is 16.4 Å². The molecule has 0 heterocycles. The first-order chi connectivity index (χ1) is 6.18. The van der Waals surface area contributed by atoms with Gasteiger partial charge in [-0.2, -0.15) is 0 Å². The molecule has 70 valence electrons. The average Bonchev–Trinajstić information content (AvgIpc) is 2.85. The van der Waals surface area contributed by atoms with Crippen molar-refractivity contribution >= 4 is 15.9 Å². The maximum atomic E-state index is 12.8. The highest BCUT2D eigenvalue weighted by atomic mass is 79.9. The minimum absolute atomic E-state index is 0.131. The molecule has 1 aliphatic carbocycles. The molecule has 0 saturated heterocycles. The summed E-state index contributed by atoms with van der Waals surface area (Å²) in [7, 11) is 0. The van der Waals surface area contributed by atoms with E-state index < -0.39 is 0 Å². The average molecular weight is 244 g/mol. The molecule has 0 bridgehead atoms. The summed E-state index contributed by atoms with van der Waals surface area (Å²) in [6.45, 7) is 0.650. The van der Waals surface area contributed by atoms with Gasteiger partial charge in [-0.3, -0.25) is 0 Å². The summed E-state index contributed by atoms with van der Waals surface area (Å²) in [4.78, 5) is 0. The van der Waals surface area contributed by atoms with Crippen LogP contribution in [0.5, 0.6) is 0 Å². The minimum atomic E-state index is -0.205. The predicted molar refractivity (Wildman–Crippen MR) is 54.1 cm³/mol. The molecule has 2 rings (SSSR count). The van der Waals surface area contributed by atoms with Crippen LogP contribution in [0.2, 0.25) is 0 Å². The van der Waals surface area contributed by atoms with Crippen LogP contribution in [0.1, 0.15) is 18.4 Å². The molecule has 1 fully saturated rings. The Morgan fingerprint density at radius 1 is 1.46 bits per heavy atom. The lowest BCUT2D eigenvalue weighted by Crippen LogP contribution is -2.20. The Labute approximate surface area is 85.3 Å². The SMILES string of the molecule is NCC1(c2ccc(F)cc2Br)CC1. The third-order valence-electron chi connectivity index (χ3n) is 2.75. The summed E-state index contributed by atoms with van der Waals surface area (Å²) in [6.07, 6.45) is 2.24. The maximum absolute atomic E-state index is 12.8. The molecule has 0 amide bonds. The molecular formula is C10H11BrFN. The Hall–Kier alpha value is -0.410. The molecule has 1 aromatic rings. The van der Waals surface area contributed by atoms with E-state index in [9.17, 15) is 4.39 Å². The van der Waals surface area contributed by atoms with Crippen LogP contribution in [0.15, 0.2) is 22.7 Å². The smallest absolute Gasteiger partial charge is 0.124 e. The first kappa shape index (κ1) is 9.16. The van der Waals surface area contributed by atoms with Crippen molar-refractivity contribution in [3.8, 4) is 0 Å². The zero-order valence-electron chi connectivity index (χ0n) is 7.19. The van der Waals surface area contributed by atoms with Crippen LogP contribution in [-0.2, 0) is 5.41 Å². The Morgan fingerprint density at radius 3 is 2.62 bits per heavy atom. The fourth-order valence-electron chi connectivity index (χ4n) is 1.65. The van der Waals surface area contributed by atoms with Crippen LogP contribution in [0.25, 0.3) is 0 Å². The lowest BCUT2D eigenvalue weighted by molar-refractivity contribution is 0.621. The van der Waals surface area contributed by atoms with Crippen LogP contribution < -0.4 is 5.73 Å². The van der Waals surface area contributed by atoms with Gasteiger partial charge in [-0.1, -0.05) is 22.0 Å². The van der Waals surface area contributed by atoms with Crippen LogP contribution in [0, 0.1) is 5.82 Å². The van der Waals surface area contributed by atoms with E-state index in [-0.39, 0.29) is 11.2 Å². The standard InChI is InChI=1S/C10H11BrFN/c11-9-5-7(12)1-2-8(9)10(6-13)3-4-10/h1-2,5H,3-4,6,13H2. The Kier molecular flexibility index (Phi) is 2.16. The van der Waals surface area contributed by atoms with Crippen molar-refractivity contribution in [3.63, 3.8) is 0 Å². The molecule has 1 aromatic carbocycles. The molecule has 0 radical (unpaired) electrons. The quantitative estimate of drug-likeness (QED) is 0.850. The Balaban J connectivity index is 2.41. The van der Waals surface area contributed by atoms with Crippen molar-refractivity contribution in [1.29, 1.82) is 0 Å². The van der Waals surface area contributed by atoms with Crippen LogP contribution >= 0.6 is 15.9 Å². The molecule has 0 aliphatic heterocycles. The van der Waals surface area contributed by atoms with Gasteiger partial charge in [-0.05, 0) is 30.5 Å². The molecule has 0 atom stereocenters. The Bertz CT molecular complexity index is 334. The van der Waals surface area contributed by atoms with Crippen molar-refractivity contribution in [2.45, 2.75) is 18.3 Å². The Morgan fingerprint density at radius 2 is 2.15 bits per heavy atom. The van der Waals surface area contributed by atoms with Gasteiger partial charge in [-0.15, -0.1) is 0 Å². The fraction of sp³-hybridized carbons (Fsp3) is 0.400. The van der Waals surface area contributed by atoms with Crippen molar-refractivity contribution in [2.75, 3.05) is 6.54 Å². The zero-order chi connectivity index (χ0) is 9.47. The summed E-state index contributed by atoms with van der Waals surface area (Å²) in [6, 6.07) is 4.83. The van der Waals surface area contributed by atoms with Gasteiger partial charge >= 0.3 is 0 Å². The van der Waals surface area contributed by atoms with E-state index in [0.717, 1.165) is 22.9 Å². The zero-order valence-corrected chi connectivity index (χ0v) is 8.77. The third kappa shape index (κ3) is 1.51. The second-order valence-corrected chi connectivity index (χ2v) is 4.46. The summed E-state index contributed by atoms with van der Waals surface area (Å²) < 4.78 is 13.6. The van der Waals surface area contributed by atoms with E-state index in [1.165, 1.54) is 12.1 Å². The lowest BCUT2D eigenvalue weighted by atomic mass is 9.96. The highest BCUT2D eigenvalue weighted by Crippen LogP contribution is 2.49. The summed E-state index contributed by atoms with van der Waals surface area (Å²) in [5, 5.41) is 0. The van der Waals surface area contributed by atoms with Gasteiger partial charge in [0.2, 0.25) is 0 Å².